The average Bonchev–Trinajstić information content (AvgIpc) is 3.64. The normalized spacial score (nSPS) is 25.5. The molecule has 3 aliphatic rings. The number of hydrogen-bond donors (Lipinski definition) is 0. The molecule has 2 saturated carbocycles. The van der Waals surface area contributed by atoms with Crippen molar-refractivity contribution in [2.24, 2.45) is 23.7 Å². The Labute approximate surface area is 269 Å². The molecule has 7 nitrogen and oxygen atoms in total. The largest absolute Gasteiger partial charge is 0.454 e. The zero-order chi connectivity index (χ0) is 30.9. The van der Waals surface area contributed by atoms with Gasteiger partial charge in [0.05, 0.1) is 34.3 Å². The van der Waals surface area contributed by atoms with Crippen LogP contribution in [-0.4, -0.2) is 44.8 Å². The fourth-order valence-electron chi connectivity index (χ4n) is 7.02. The number of hydrogen-bond acceptors (Lipinski definition) is 6. The second kappa shape index (κ2) is 11.0. The van der Waals surface area contributed by atoms with Crippen LogP contribution >= 0.6 is 31.9 Å². The van der Waals surface area contributed by atoms with E-state index in [4.69, 9.17) is 9.72 Å². The number of benzene rings is 3. The van der Waals surface area contributed by atoms with E-state index >= 15 is 0 Å². The molecule has 0 radical (unpaired) electrons. The number of anilines is 1. The lowest BCUT2D eigenvalue weighted by atomic mass is 9.81. The number of para-hydroxylation sites is 1. The summed E-state index contributed by atoms with van der Waals surface area (Å²) in [6.45, 7) is 1.39. The Kier molecular flexibility index (Phi) is 7.24. The molecule has 2 bridgehead atoms. The smallest absolute Gasteiger partial charge is 0.339 e. The van der Waals surface area contributed by atoms with E-state index in [0.29, 0.717) is 27.8 Å². The van der Waals surface area contributed by atoms with Crippen LogP contribution in [0.15, 0.2) is 72.8 Å². The van der Waals surface area contributed by atoms with Crippen LogP contribution < -0.4 is 4.90 Å². The zero-order valence-corrected chi connectivity index (χ0v) is 26.5. The second-order valence-corrected chi connectivity index (χ2v) is 13.7. The molecule has 6 unspecified atom stereocenters. The number of Topliss-reactive ketones (excluding diaryl/α,β-unsaturated/α-hetero) is 1. The summed E-state index contributed by atoms with van der Waals surface area (Å²) >= 11 is 7.45. The Hall–Kier alpha value is -3.76. The fraction of sp³-hybridized carbons (Fsp3) is 0.265. The van der Waals surface area contributed by atoms with E-state index in [1.807, 2.05) is 19.1 Å². The highest BCUT2D eigenvalue weighted by atomic mass is 79.9. The van der Waals surface area contributed by atoms with E-state index in [-0.39, 0.29) is 56.3 Å². The summed E-state index contributed by atoms with van der Waals surface area (Å²) in [6, 6.07) is 19.1. The van der Waals surface area contributed by atoms with Gasteiger partial charge in [-0.15, -0.1) is 0 Å². The Morgan fingerprint density at radius 1 is 0.932 bits per heavy atom. The molecular formula is C34H25Br2FN2O5. The molecule has 6 atom stereocenters. The topological polar surface area (TPSA) is 93.6 Å². The second-order valence-electron chi connectivity index (χ2n) is 11.6. The maximum Gasteiger partial charge on any atom is 0.339 e. The van der Waals surface area contributed by atoms with Crippen molar-refractivity contribution in [1.82, 2.24) is 4.98 Å². The number of carbonyl (C=O) groups excluding carboxylic acids is 4. The number of alkyl halides is 2. The predicted octanol–water partition coefficient (Wildman–Crippen LogP) is 6.67. The van der Waals surface area contributed by atoms with Gasteiger partial charge >= 0.3 is 5.97 Å². The summed E-state index contributed by atoms with van der Waals surface area (Å²) < 4.78 is 18.6. The number of fused-ring (bicyclic) bond motifs is 6. The quantitative estimate of drug-likeness (QED) is 0.0957. The third kappa shape index (κ3) is 4.61. The van der Waals surface area contributed by atoms with E-state index in [9.17, 15) is 23.6 Å². The molecule has 10 heteroatoms. The molecule has 2 heterocycles. The lowest BCUT2D eigenvalue weighted by Gasteiger charge is -2.28. The molecule has 0 spiro atoms. The molecule has 1 aliphatic heterocycles. The molecule has 3 aromatic carbocycles. The molecule has 2 amide bonds. The number of nitrogens with zero attached hydrogens (tertiary/aromatic N) is 2. The van der Waals surface area contributed by atoms with Crippen LogP contribution in [0.5, 0.6) is 0 Å². The Bertz CT molecular complexity index is 1830. The van der Waals surface area contributed by atoms with Gasteiger partial charge in [0.15, 0.2) is 12.4 Å². The van der Waals surface area contributed by atoms with E-state index in [1.54, 1.807) is 36.4 Å². The van der Waals surface area contributed by atoms with Crippen LogP contribution in [0.1, 0.15) is 32.7 Å². The fourth-order valence-corrected chi connectivity index (χ4v) is 8.89. The van der Waals surface area contributed by atoms with E-state index in [2.05, 4.69) is 31.9 Å². The number of halogens is 3. The van der Waals surface area contributed by atoms with Crippen molar-refractivity contribution in [2.75, 3.05) is 11.5 Å². The van der Waals surface area contributed by atoms with Crippen molar-refractivity contribution in [3.8, 4) is 11.3 Å². The Morgan fingerprint density at radius 3 is 2.20 bits per heavy atom. The van der Waals surface area contributed by atoms with Gasteiger partial charge in [0.2, 0.25) is 11.8 Å². The van der Waals surface area contributed by atoms with Crippen LogP contribution in [0, 0.1) is 36.4 Å². The molecular weight excluding hydrogens is 695 g/mol. The standard InChI is InChI=1S/C34H25Br2FN2O5/c1-16-3-2-4-21-22(34(43)44-15-26(40)18-5-9-19(37)10-6-18)14-25(38-31(16)21)17-7-11-20(12-8-17)39-32(41)27-23-13-24(28(27)33(39)42)30(36)29(23)35/h2-12,14,23-24,27-30H,13,15H2,1H3. The first-order valence-electron chi connectivity index (χ1n) is 14.3. The molecule has 0 N–H and O–H groups in total. The van der Waals surface area contributed by atoms with Crippen molar-refractivity contribution in [3.05, 3.63) is 95.3 Å². The molecule has 1 aromatic heterocycles. The van der Waals surface area contributed by atoms with Crippen molar-refractivity contribution >= 4 is 72.0 Å². The summed E-state index contributed by atoms with van der Waals surface area (Å²) in [4.78, 5) is 59.3. The summed E-state index contributed by atoms with van der Waals surface area (Å²) in [5.41, 5.74) is 3.61. The van der Waals surface area contributed by atoms with Crippen molar-refractivity contribution < 1.29 is 28.3 Å². The summed E-state index contributed by atoms with van der Waals surface area (Å²) in [5, 5.41) is 0.578. The predicted molar refractivity (Wildman–Crippen MR) is 169 cm³/mol. The van der Waals surface area contributed by atoms with Gasteiger partial charge in [0.1, 0.15) is 5.82 Å². The minimum absolute atomic E-state index is 0.129. The number of amides is 2. The SMILES string of the molecule is Cc1cccc2c(C(=O)OCC(=O)c3ccc(F)cc3)cc(-c3ccc(N4C(=O)C5C6CC(C(Br)C6Br)C5C4=O)cc3)nc12. The minimum Gasteiger partial charge on any atom is -0.454 e. The van der Waals surface area contributed by atoms with Crippen LogP contribution in [0.3, 0.4) is 0 Å². The third-order valence-electron chi connectivity index (χ3n) is 9.17. The molecule has 2 aliphatic carbocycles. The van der Waals surface area contributed by atoms with Crippen molar-refractivity contribution in [3.63, 3.8) is 0 Å². The van der Waals surface area contributed by atoms with Gasteiger partial charge in [-0.05, 0) is 73.2 Å². The van der Waals surface area contributed by atoms with Crippen LogP contribution in [-0.2, 0) is 14.3 Å². The zero-order valence-electron chi connectivity index (χ0n) is 23.4. The van der Waals surface area contributed by atoms with E-state index in [0.717, 1.165) is 12.0 Å². The molecule has 1 saturated heterocycles. The number of pyridine rings is 1. The highest BCUT2D eigenvalue weighted by Gasteiger charge is 2.66. The van der Waals surface area contributed by atoms with Gasteiger partial charge in [-0.1, -0.05) is 62.2 Å². The average molecular weight is 720 g/mol. The summed E-state index contributed by atoms with van der Waals surface area (Å²) in [6.07, 6.45) is 0.865. The number of imide groups is 1. The lowest BCUT2D eigenvalue weighted by Crippen LogP contribution is -2.37. The van der Waals surface area contributed by atoms with E-state index < -0.39 is 24.2 Å². The molecule has 7 rings (SSSR count). The van der Waals surface area contributed by atoms with E-state index in [1.165, 1.54) is 29.2 Å². The summed E-state index contributed by atoms with van der Waals surface area (Å²) in [5.74, 6) is -2.27. The maximum atomic E-state index is 13.5. The third-order valence-corrected chi connectivity index (χ3v) is 12.4. The number of esters is 1. The number of aromatic nitrogens is 1. The monoisotopic (exact) mass is 718 g/mol. The Morgan fingerprint density at radius 2 is 1.57 bits per heavy atom. The molecule has 44 heavy (non-hydrogen) atoms. The van der Waals surface area contributed by atoms with Crippen LogP contribution in [0.25, 0.3) is 22.2 Å². The minimum atomic E-state index is -0.694. The number of ketones is 1. The highest BCUT2D eigenvalue weighted by Crippen LogP contribution is 2.60. The van der Waals surface area contributed by atoms with Crippen molar-refractivity contribution in [2.45, 2.75) is 23.0 Å². The Balaban J connectivity index is 1.16. The molecule has 3 fully saturated rings. The maximum absolute atomic E-state index is 13.5. The van der Waals surface area contributed by atoms with Gasteiger partial charge in [0, 0.05) is 26.2 Å². The first kappa shape index (κ1) is 29.0. The molecule has 4 aromatic rings. The number of rotatable bonds is 6. The van der Waals surface area contributed by atoms with Crippen molar-refractivity contribution in [1.29, 1.82) is 0 Å². The van der Waals surface area contributed by atoms with Crippen LogP contribution in [0.4, 0.5) is 10.1 Å². The van der Waals surface area contributed by atoms with Gasteiger partial charge in [-0.2, -0.15) is 0 Å². The highest BCUT2D eigenvalue weighted by molar-refractivity contribution is 9.12. The number of carbonyl (C=O) groups is 4. The van der Waals surface area contributed by atoms with Gasteiger partial charge in [-0.25, -0.2) is 14.2 Å². The lowest BCUT2D eigenvalue weighted by molar-refractivity contribution is -0.123. The van der Waals surface area contributed by atoms with Gasteiger partial charge in [0.25, 0.3) is 0 Å². The molecule has 222 valence electrons. The number of aryl methyl sites for hydroxylation is 1. The van der Waals surface area contributed by atoms with Crippen LogP contribution in [0.2, 0.25) is 0 Å². The van der Waals surface area contributed by atoms with Gasteiger partial charge < -0.3 is 4.74 Å². The first-order valence-corrected chi connectivity index (χ1v) is 16.1. The summed E-state index contributed by atoms with van der Waals surface area (Å²) in [7, 11) is 0. The van der Waals surface area contributed by atoms with Gasteiger partial charge in [-0.3, -0.25) is 19.3 Å². The first-order chi connectivity index (χ1) is 21.1. The number of ether oxygens (including phenoxy) is 1.